The van der Waals surface area contributed by atoms with Crippen LogP contribution in [0.1, 0.15) is 29.8 Å². The van der Waals surface area contributed by atoms with E-state index in [0.717, 1.165) is 25.0 Å². The molecule has 1 N–H and O–H groups in total. The molecule has 0 spiro atoms. The van der Waals surface area contributed by atoms with Gasteiger partial charge in [0, 0.05) is 25.1 Å². The fourth-order valence-electron chi connectivity index (χ4n) is 3.52. The molecule has 0 radical (unpaired) electrons. The van der Waals surface area contributed by atoms with Crippen molar-refractivity contribution >= 4 is 16.7 Å². The van der Waals surface area contributed by atoms with Gasteiger partial charge >= 0.3 is 6.18 Å². The summed E-state index contributed by atoms with van der Waals surface area (Å²) in [6.45, 7) is 1.98. The molecular formula is C23H23F4N3O3. The molecule has 0 aliphatic heterocycles. The van der Waals surface area contributed by atoms with Crippen molar-refractivity contribution in [2.45, 2.75) is 38.1 Å². The lowest BCUT2D eigenvalue weighted by Crippen LogP contribution is -2.21. The molecule has 0 saturated heterocycles. The number of alkyl halides is 3. The molecule has 1 fully saturated rings. The zero-order valence-electron chi connectivity index (χ0n) is 18.3. The lowest BCUT2D eigenvalue weighted by atomic mass is 10.1. The van der Waals surface area contributed by atoms with Crippen LogP contribution in [0.25, 0.3) is 10.9 Å². The van der Waals surface area contributed by atoms with E-state index < -0.39 is 17.6 Å². The Kier molecular flexibility index (Phi) is 6.04. The van der Waals surface area contributed by atoms with Gasteiger partial charge in [-0.25, -0.2) is 14.4 Å². The minimum Gasteiger partial charge on any atom is -0.493 e. The van der Waals surface area contributed by atoms with Gasteiger partial charge in [0.1, 0.15) is 29.7 Å². The van der Waals surface area contributed by atoms with E-state index in [4.69, 9.17) is 14.2 Å². The Hall–Kier alpha value is -3.14. The maximum absolute atomic E-state index is 13.8. The molecule has 1 aromatic heterocycles. The number of hydrogen-bond acceptors (Lipinski definition) is 6. The van der Waals surface area contributed by atoms with Crippen molar-refractivity contribution in [1.29, 1.82) is 0 Å². The number of nitrogens with zero attached hydrogens (tertiary/aromatic N) is 2. The van der Waals surface area contributed by atoms with E-state index in [1.165, 1.54) is 7.11 Å². The normalized spacial score (nSPS) is 14.9. The number of nitrogens with one attached hydrogen (secondary N) is 1. The van der Waals surface area contributed by atoms with Gasteiger partial charge in [-0.15, -0.1) is 0 Å². The predicted molar refractivity (Wildman–Crippen MR) is 114 cm³/mol. The van der Waals surface area contributed by atoms with Crippen molar-refractivity contribution < 1.29 is 31.8 Å². The Morgan fingerprint density at radius 2 is 1.79 bits per heavy atom. The highest BCUT2D eigenvalue weighted by molar-refractivity contribution is 5.91. The fraction of sp³-hybridized carbons (Fsp3) is 0.391. The zero-order chi connectivity index (χ0) is 23.8. The molecule has 0 bridgehead atoms. The Bertz CT molecular complexity index is 1180. The summed E-state index contributed by atoms with van der Waals surface area (Å²) in [4.78, 5) is 8.80. The van der Waals surface area contributed by atoms with Crippen LogP contribution in [-0.2, 0) is 17.5 Å². The first-order valence-corrected chi connectivity index (χ1v) is 10.3. The lowest BCUT2D eigenvalue weighted by molar-refractivity contribution is -0.137. The first kappa shape index (κ1) is 23.0. The molecule has 1 saturated carbocycles. The minimum absolute atomic E-state index is 0.0681. The quantitative estimate of drug-likeness (QED) is 0.457. The number of hydrogen-bond donors (Lipinski definition) is 1. The number of benzene rings is 2. The predicted octanol–water partition coefficient (Wildman–Crippen LogP) is 5.27. The van der Waals surface area contributed by atoms with Crippen LogP contribution in [0, 0.1) is 12.7 Å². The summed E-state index contributed by atoms with van der Waals surface area (Å²) >= 11 is 0. The van der Waals surface area contributed by atoms with Crippen molar-refractivity contribution in [3.8, 4) is 11.5 Å². The molecule has 1 aliphatic rings. The minimum atomic E-state index is -4.64. The van der Waals surface area contributed by atoms with Crippen molar-refractivity contribution in [3.05, 3.63) is 53.1 Å². The number of methoxy groups -OCH3 is 2. The molecule has 2 aromatic carbocycles. The number of anilines is 1. The van der Waals surface area contributed by atoms with Crippen LogP contribution in [0.2, 0.25) is 0 Å². The molecule has 3 aromatic rings. The average molecular weight is 465 g/mol. The summed E-state index contributed by atoms with van der Waals surface area (Å²) in [5.41, 5.74) is -0.640. The summed E-state index contributed by atoms with van der Waals surface area (Å²) < 4.78 is 69.8. The Morgan fingerprint density at radius 1 is 1.03 bits per heavy atom. The van der Waals surface area contributed by atoms with Crippen LogP contribution in [-0.4, -0.2) is 36.4 Å². The molecule has 176 valence electrons. The highest BCUT2D eigenvalue weighted by Gasteiger charge is 2.44. The molecule has 1 heterocycles. The van der Waals surface area contributed by atoms with Crippen molar-refractivity contribution in [3.63, 3.8) is 0 Å². The van der Waals surface area contributed by atoms with Crippen LogP contribution in [0.4, 0.5) is 23.4 Å². The molecule has 33 heavy (non-hydrogen) atoms. The second-order valence-electron chi connectivity index (χ2n) is 8.01. The summed E-state index contributed by atoms with van der Waals surface area (Å²) in [6, 6.07) is 5.85. The standard InChI is InChI=1S/C23H23F4N3O3/c1-13-29-18-10-19(31-2)20(33-12-22(32-3)4-5-22)9-17(18)21(30-13)28-11-14-6-15(23(25,26)27)8-16(24)7-14/h6-10H,4-5,11-12H2,1-3H3,(H,28,29,30). The van der Waals surface area contributed by atoms with E-state index in [0.29, 0.717) is 46.7 Å². The maximum atomic E-state index is 13.8. The van der Waals surface area contributed by atoms with Crippen LogP contribution >= 0.6 is 0 Å². The monoisotopic (exact) mass is 465 g/mol. The van der Waals surface area contributed by atoms with Gasteiger partial charge in [-0.2, -0.15) is 13.2 Å². The maximum Gasteiger partial charge on any atom is 0.416 e. The van der Waals surface area contributed by atoms with Gasteiger partial charge in [0.25, 0.3) is 0 Å². The highest BCUT2D eigenvalue weighted by Crippen LogP contribution is 2.41. The number of rotatable bonds is 8. The van der Waals surface area contributed by atoms with E-state index in [9.17, 15) is 17.6 Å². The smallest absolute Gasteiger partial charge is 0.416 e. The van der Waals surface area contributed by atoms with E-state index in [-0.39, 0.29) is 17.7 Å². The summed E-state index contributed by atoms with van der Waals surface area (Å²) in [5.74, 6) is 0.827. The van der Waals surface area contributed by atoms with Gasteiger partial charge in [0.15, 0.2) is 11.5 Å². The van der Waals surface area contributed by atoms with Crippen molar-refractivity contribution in [2.75, 3.05) is 26.1 Å². The van der Waals surface area contributed by atoms with Crippen LogP contribution < -0.4 is 14.8 Å². The van der Waals surface area contributed by atoms with E-state index in [1.54, 1.807) is 26.2 Å². The molecule has 0 unspecified atom stereocenters. The first-order valence-electron chi connectivity index (χ1n) is 10.3. The molecule has 4 rings (SSSR count). The average Bonchev–Trinajstić information content (AvgIpc) is 3.55. The van der Waals surface area contributed by atoms with Crippen LogP contribution in [0.15, 0.2) is 30.3 Å². The molecule has 1 aliphatic carbocycles. The first-order chi connectivity index (χ1) is 15.6. The molecule has 0 atom stereocenters. The molecule has 0 amide bonds. The Balaban J connectivity index is 1.64. The Labute approximate surface area is 187 Å². The van der Waals surface area contributed by atoms with E-state index >= 15 is 0 Å². The number of fused-ring (bicyclic) bond motifs is 1. The largest absolute Gasteiger partial charge is 0.493 e. The third kappa shape index (κ3) is 5.11. The van der Waals surface area contributed by atoms with Gasteiger partial charge < -0.3 is 19.5 Å². The summed E-state index contributed by atoms with van der Waals surface area (Å²) in [5, 5.41) is 3.59. The van der Waals surface area contributed by atoms with Gasteiger partial charge in [-0.1, -0.05) is 0 Å². The van der Waals surface area contributed by atoms with E-state index in [2.05, 4.69) is 15.3 Å². The van der Waals surface area contributed by atoms with Gasteiger partial charge in [-0.05, 0) is 49.6 Å². The fourth-order valence-corrected chi connectivity index (χ4v) is 3.52. The zero-order valence-corrected chi connectivity index (χ0v) is 18.3. The molecule has 6 nitrogen and oxygen atoms in total. The highest BCUT2D eigenvalue weighted by atomic mass is 19.4. The lowest BCUT2D eigenvalue weighted by Gasteiger charge is -2.18. The number of aryl methyl sites for hydroxylation is 1. The second kappa shape index (κ2) is 8.66. The number of ether oxygens (including phenoxy) is 3. The van der Waals surface area contributed by atoms with E-state index in [1.807, 2.05) is 0 Å². The van der Waals surface area contributed by atoms with Crippen LogP contribution in [0.5, 0.6) is 11.5 Å². The van der Waals surface area contributed by atoms with Gasteiger partial charge in [-0.3, -0.25) is 0 Å². The molecule has 10 heteroatoms. The number of halogens is 4. The summed E-state index contributed by atoms with van der Waals surface area (Å²) in [7, 11) is 3.16. The Morgan fingerprint density at radius 3 is 2.42 bits per heavy atom. The van der Waals surface area contributed by atoms with Crippen LogP contribution in [0.3, 0.4) is 0 Å². The van der Waals surface area contributed by atoms with Crippen molar-refractivity contribution in [2.24, 2.45) is 0 Å². The SMILES string of the molecule is COc1cc2nc(C)nc(NCc3cc(F)cc(C(F)(F)F)c3)c2cc1OCC1(OC)CC1. The second-order valence-corrected chi connectivity index (χ2v) is 8.01. The summed E-state index contributed by atoms with van der Waals surface area (Å²) in [6.07, 6.45) is -2.83. The van der Waals surface area contributed by atoms with Crippen molar-refractivity contribution in [1.82, 2.24) is 9.97 Å². The third-order valence-electron chi connectivity index (χ3n) is 5.57. The van der Waals surface area contributed by atoms with Gasteiger partial charge in [0.05, 0.1) is 18.2 Å². The molecular weight excluding hydrogens is 442 g/mol. The topological polar surface area (TPSA) is 65.5 Å². The third-order valence-corrected chi connectivity index (χ3v) is 5.57. The van der Waals surface area contributed by atoms with Gasteiger partial charge in [0.2, 0.25) is 0 Å². The number of aromatic nitrogens is 2.